The molecular weight excluding hydrogens is 492 g/mol. The summed E-state index contributed by atoms with van der Waals surface area (Å²) in [4.78, 5) is 17.2. The third-order valence-electron chi connectivity index (χ3n) is 7.35. The normalized spacial score (nSPS) is 16.8. The summed E-state index contributed by atoms with van der Waals surface area (Å²) in [6.45, 7) is 0.559. The average molecular weight is 525 g/mol. The molecule has 1 aromatic carbocycles. The van der Waals surface area contributed by atoms with Gasteiger partial charge < -0.3 is 14.3 Å². The molecule has 0 radical (unpaired) electrons. The van der Waals surface area contributed by atoms with Crippen LogP contribution >= 0.6 is 0 Å². The zero-order valence-corrected chi connectivity index (χ0v) is 21.5. The Labute approximate surface area is 217 Å². The molecule has 8 nitrogen and oxygen atoms in total. The summed E-state index contributed by atoms with van der Waals surface area (Å²) in [5.74, 6) is 0.557. The van der Waals surface area contributed by atoms with Crippen LogP contribution in [-0.4, -0.2) is 30.3 Å². The minimum Gasteiger partial charge on any atom is -0.505 e. The molecule has 0 bridgehead atoms. The summed E-state index contributed by atoms with van der Waals surface area (Å²) in [7, 11) is -3.81. The first-order valence-electron chi connectivity index (χ1n) is 12.9. The molecular formula is C28H32N2O6S. The van der Waals surface area contributed by atoms with Gasteiger partial charge in [-0.05, 0) is 61.9 Å². The first-order valence-corrected chi connectivity index (χ1v) is 14.4. The summed E-state index contributed by atoms with van der Waals surface area (Å²) in [5, 5.41) is 10.4. The number of hydrogen-bond donors (Lipinski definition) is 1. The van der Waals surface area contributed by atoms with E-state index in [1.54, 1.807) is 36.7 Å². The topological polar surface area (TPSA) is 110 Å². The number of benzene rings is 1. The van der Waals surface area contributed by atoms with E-state index in [0.29, 0.717) is 30.8 Å². The van der Waals surface area contributed by atoms with E-state index in [1.165, 1.54) is 6.07 Å². The lowest BCUT2D eigenvalue weighted by Gasteiger charge is -2.29. The second kappa shape index (κ2) is 11.0. The van der Waals surface area contributed by atoms with Crippen molar-refractivity contribution in [3.63, 3.8) is 0 Å². The summed E-state index contributed by atoms with van der Waals surface area (Å²) in [6, 6.07) is 12.0. The summed E-state index contributed by atoms with van der Waals surface area (Å²) < 4.78 is 39.7. The number of ether oxygens (including phenoxy) is 1. The Kier molecular flexibility index (Phi) is 7.50. The Balaban J connectivity index is 1.40. The van der Waals surface area contributed by atoms with E-state index in [1.807, 2.05) is 12.1 Å². The molecule has 1 N–H and O–H groups in total. The van der Waals surface area contributed by atoms with Crippen molar-refractivity contribution < 1.29 is 22.7 Å². The molecule has 0 saturated heterocycles. The lowest BCUT2D eigenvalue weighted by atomic mass is 10.1. The maximum atomic E-state index is 13.6. The minimum absolute atomic E-state index is 0.157. The predicted octanol–water partition coefficient (Wildman–Crippen LogP) is 5.26. The number of nitrogens with zero attached hydrogens (tertiary/aromatic N) is 2. The molecule has 2 aliphatic carbocycles. The molecule has 0 spiro atoms. The number of aromatic hydroxyl groups is 1. The molecule has 0 atom stereocenters. The van der Waals surface area contributed by atoms with Crippen molar-refractivity contribution in [3.8, 4) is 22.8 Å². The predicted molar refractivity (Wildman–Crippen MR) is 141 cm³/mol. The van der Waals surface area contributed by atoms with E-state index in [4.69, 9.17) is 9.15 Å². The van der Waals surface area contributed by atoms with Gasteiger partial charge in [0.05, 0.1) is 5.25 Å². The monoisotopic (exact) mass is 524 g/mol. The molecule has 2 fully saturated rings. The Morgan fingerprint density at radius 3 is 2.38 bits per heavy atom. The molecule has 2 aromatic heterocycles. The van der Waals surface area contributed by atoms with Crippen LogP contribution in [0.25, 0.3) is 11.3 Å². The second-order valence-corrected chi connectivity index (χ2v) is 12.1. The zero-order valence-electron chi connectivity index (χ0n) is 20.7. The molecule has 9 heteroatoms. The van der Waals surface area contributed by atoms with E-state index < -0.39 is 20.9 Å². The van der Waals surface area contributed by atoms with Crippen molar-refractivity contribution in [1.29, 1.82) is 0 Å². The average Bonchev–Trinajstić information content (AvgIpc) is 3.62. The van der Waals surface area contributed by atoms with Crippen LogP contribution in [0.5, 0.6) is 11.5 Å². The van der Waals surface area contributed by atoms with Crippen LogP contribution < -0.4 is 14.7 Å². The van der Waals surface area contributed by atoms with E-state index in [0.717, 1.165) is 48.4 Å². The van der Waals surface area contributed by atoms with E-state index in [-0.39, 0.29) is 29.7 Å². The van der Waals surface area contributed by atoms with Crippen LogP contribution in [0.3, 0.4) is 0 Å². The molecule has 5 rings (SSSR count). The van der Waals surface area contributed by atoms with Crippen molar-refractivity contribution in [2.24, 2.45) is 5.92 Å². The fraction of sp³-hybridized carbons (Fsp3) is 0.429. The van der Waals surface area contributed by atoms with Crippen LogP contribution in [0.4, 0.5) is 5.69 Å². The molecule has 0 aliphatic heterocycles. The van der Waals surface area contributed by atoms with E-state index in [9.17, 15) is 18.3 Å². The lowest BCUT2D eigenvalue weighted by Crippen LogP contribution is -2.42. The number of hydrogen-bond acceptors (Lipinski definition) is 7. The second-order valence-electron chi connectivity index (χ2n) is 9.94. The Morgan fingerprint density at radius 2 is 1.73 bits per heavy atom. The highest BCUT2D eigenvalue weighted by Gasteiger charge is 2.38. The number of pyridine rings is 1. The smallest absolute Gasteiger partial charge is 0.364 e. The van der Waals surface area contributed by atoms with Gasteiger partial charge in [0.1, 0.15) is 18.1 Å². The summed E-state index contributed by atoms with van der Waals surface area (Å²) in [5.41, 5.74) is 0.368. The molecule has 196 valence electrons. The van der Waals surface area contributed by atoms with Gasteiger partial charge in [-0.25, -0.2) is 13.2 Å². The van der Waals surface area contributed by atoms with Gasteiger partial charge in [-0.3, -0.25) is 9.29 Å². The SMILES string of the molecule is O=c1oc(-c2ccc(OCc3cccnc3)cc2)cc(O)c1N(CC1CCCC1)S(=O)(=O)C1CCCC1. The first kappa shape index (κ1) is 25.3. The highest BCUT2D eigenvalue weighted by atomic mass is 32.2. The quantitative estimate of drug-likeness (QED) is 0.407. The largest absolute Gasteiger partial charge is 0.505 e. The van der Waals surface area contributed by atoms with Crippen LogP contribution in [0.15, 0.2) is 64.1 Å². The standard InChI is InChI=1S/C28H32N2O6S/c31-25-16-26(22-11-13-23(14-12-22)35-19-21-8-5-15-29-17-21)36-28(32)27(25)30(18-20-6-1-2-7-20)37(33,34)24-9-3-4-10-24/h5,8,11-17,20,24,31H,1-4,6-7,9-10,18-19H2. The zero-order chi connectivity index (χ0) is 25.8. The number of anilines is 1. The van der Waals surface area contributed by atoms with Crippen LogP contribution in [0.2, 0.25) is 0 Å². The fourth-order valence-electron chi connectivity index (χ4n) is 5.33. The van der Waals surface area contributed by atoms with E-state index >= 15 is 0 Å². The minimum atomic E-state index is -3.81. The number of sulfonamides is 1. The Bertz CT molecular complexity index is 1360. The molecule has 0 amide bonds. The highest BCUT2D eigenvalue weighted by molar-refractivity contribution is 7.93. The van der Waals surface area contributed by atoms with E-state index in [2.05, 4.69) is 4.98 Å². The van der Waals surface area contributed by atoms with Crippen molar-refractivity contribution in [2.75, 3.05) is 10.8 Å². The first-order chi connectivity index (χ1) is 17.9. The third kappa shape index (κ3) is 5.66. The molecule has 2 aliphatic rings. The van der Waals surface area contributed by atoms with Crippen molar-refractivity contribution >= 4 is 15.7 Å². The van der Waals surface area contributed by atoms with Gasteiger partial charge in [-0.2, -0.15) is 0 Å². The van der Waals surface area contributed by atoms with Crippen molar-refractivity contribution in [2.45, 2.75) is 63.2 Å². The summed E-state index contributed by atoms with van der Waals surface area (Å²) in [6.07, 6.45) is 10.2. The van der Waals surface area contributed by atoms with Gasteiger partial charge in [-0.1, -0.05) is 31.7 Å². The Hall–Kier alpha value is -3.33. The maximum Gasteiger partial charge on any atom is 0.364 e. The van der Waals surface area contributed by atoms with Gasteiger partial charge in [-0.15, -0.1) is 0 Å². The van der Waals surface area contributed by atoms with Crippen molar-refractivity contribution in [3.05, 3.63) is 70.8 Å². The van der Waals surface area contributed by atoms with Crippen LogP contribution in [0, 0.1) is 5.92 Å². The molecule has 3 aromatic rings. The summed E-state index contributed by atoms with van der Waals surface area (Å²) >= 11 is 0. The number of aromatic nitrogens is 1. The van der Waals surface area contributed by atoms with Crippen LogP contribution in [0.1, 0.15) is 56.9 Å². The van der Waals surface area contributed by atoms with Gasteiger partial charge in [0.25, 0.3) is 0 Å². The molecule has 0 unspecified atom stereocenters. The lowest BCUT2D eigenvalue weighted by molar-refractivity contribution is 0.306. The van der Waals surface area contributed by atoms with Gasteiger partial charge >= 0.3 is 5.63 Å². The molecule has 2 saturated carbocycles. The maximum absolute atomic E-state index is 13.6. The highest BCUT2D eigenvalue weighted by Crippen LogP contribution is 2.37. The molecule has 2 heterocycles. The van der Waals surface area contributed by atoms with Gasteiger partial charge in [0.15, 0.2) is 11.4 Å². The molecule has 37 heavy (non-hydrogen) atoms. The fourth-order valence-corrected chi connectivity index (χ4v) is 7.46. The van der Waals surface area contributed by atoms with Crippen LogP contribution in [-0.2, 0) is 16.6 Å². The number of rotatable bonds is 9. The van der Waals surface area contributed by atoms with Crippen molar-refractivity contribution in [1.82, 2.24) is 4.98 Å². The van der Waals surface area contributed by atoms with Gasteiger partial charge in [0, 0.05) is 36.1 Å². The van der Waals surface area contributed by atoms with Gasteiger partial charge in [0.2, 0.25) is 10.0 Å². The third-order valence-corrected chi connectivity index (χ3v) is 9.61. The Morgan fingerprint density at radius 1 is 1.03 bits per heavy atom.